The number of amides is 1. The van der Waals surface area contributed by atoms with Crippen LogP contribution in [0.2, 0.25) is 0 Å². The van der Waals surface area contributed by atoms with Crippen molar-refractivity contribution in [2.75, 3.05) is 19.4 Å². The predicted molar refractivity (Wildman–Crippen MR) is 90.7 cm³/mol. The van der Waals surface area contributed by atoms with Crippen LogP contribution >= 0.6 is 0 Å². The highest BCUT2D eigenvalue weighted by Gasteiger charge is 2.13. The second-order valence-electron chi connectivity index (χ2n) is 4.68. The minimum absolute atomic E-state index is 0.274. The highest BCUT2D eigenvalue weighted by Crippen LogP contribution is 2.28. The van der Waals surface area contributed by atoms with Gasteiger partial charge in [0.25, 0.3) is 5.91 Å². The summed E-state index contributed by atoms with van der Waals surface area (Å²) in [6.07, 6.45) is 3.21. The highest BCUT2D eigenvalue weighted by molar-refractivity contribution is 7.87. The summed E-state index contributed by atoms with van der Waals surface area (Å²) in [4.78, 5) is 12.0. The monoisotopic (exact) mass is 333 g/mol. The molecule has 2 aromatic rings. The lowest BCUT2D eigenvalue weighted by molar-refractivity contribution is 0.0953. The highest BCUT2D eigenvalue weighted by atomic mass is 32.2. The molecule has 0 aliphatic heterocycles. The first-order valence-corrected chi connectivity index (χ1v) is 8.78. The zero-order chi connectivity index (χ0) is 16.7. The number of H-pyrrole nitrogens is 1. The Balaban J connectivity index is 2.08. The van der Waals surface area contributed by atoms with E-state index in [-0.39, 0.29) is 5.91 Å². The molecule has 7 heteroatoms. The first-order chi connectivity index (χ1) is 11.1. The lowest BCUT2D eigenvalue weighted by Gasteiger charge is -2.07. The van der Waals surface area contributed by atoms with Gasteiger partial charge in [0.1, 0.15) is 11.4 Å². The zero-order valence-corrected chi connectivity index (χ0v) is 13.9. The lowest BCUT2D eigenvalue weighted by Crippen LogP contribution is -2.23. The smallest absolute Gasteiger partial charge is 0.269 e. The number of rotatable bonds is 7. The Labute approximate surface area is 137 Å². The molecule has 0 aliphatic carbocycles. The number of nitrogens with one attached hydrogen (secondary N) is 2. The number of para-hydroxylation sites is 1. The summed E-state index contributed by atoms with van der Waals surface area (Å²) in [6.45, 7) is 2.78. The van der Waals surface area contributed by atoms with Crippen LogP contribution in [0.25, 0.3) is 11.3 Å². The van der Waals surface area contributed by atoms with Crippen LogP contribution in [0.1, 0.15) is 17.4 Å². The normalized spacial score (nSPS) is 12.3. The largest absolute Gasteiger partial charge is 0.493 e. The third-order valence-electron chi connectivity index (χ3n) is 2.95. The maximum atomic E-state index is 12.0. The zero-order valence-electron chi connectivity index (χ0n) is 13.0. The van der Waals surface area contributed by atoms with Crippen molar-refractivity contribution in [1.29, 1.82) is 0 Å². The van der Waals surface area contributed by atoms with Crippen molar-refractivity contribution in [3.05, 3.63) is 47.5 Å². The standard InChI is InChI=1S/C16H19N3O3S/c1-3-22-15-8-5-4-7-12(15)13-11-14(19-18-13)16(20)17-9-6-10-23(2)21/h4-8,10-11H,3,9H2,1-2H3,(H,17,20)(H,18,19)/b10-6+. The second-order valence-corrected chi connectivity index (χ2v) is 5.95. The fraction of sp³-hybridized carbons (Fsp3) is 0.250. The average Bonchev–Trinajstić information content (AvgIpc) is 3.02. The third kappa shape index (κ3) is 4.79. The van der Waals surface area contributed by atoms with E-state index < -0.39 is 10.8 Å². The SMILES string of the molecule is CCOc1ccccc1-c1cc(C(=O)NC/C=C/S(C)=O)[nH]n1. The average molecular weight is 333 g/mol. The molecule has 1 atom stereocenters. The number of aromatic nitrogens is 2. The van der Waals surface area contributed by atoms with E-state index in [1.54, 1.807) is 18.4 Å². The summed E-state index contributed by atoms with van der Waals surface area (Å²) in [7, 11) is -1.02. The van der Waals surface area contributed by atoms with Crippen molar-refractivity contribution in [1.82, 2.24) is 15.5 Å². The van der Waals surface area contributed by atoms with Gasteiger partial charge < -0.3 is 10.1 Å². The Morgan fingerprint density at radius 2 is 2.22 bits per heavy atom. The van der Waals surface area contributed by atoms with Crippen LogP contribution in [0.3, 0.4) is 0 Å². The summed E-state index contributed by atoms with van der Waals surface area (Å²) >= 11 is 0. The van der Waals surface area contributed by atoms with Gasteiger partial charge in [-0.3, -0.25) is 14.1 Å². The molecule has 1 aromatic heterocycles. The fourth-order valence-electron chi connectivity index (χ4n) is 1.97. The van der Waals surface area contributed by atoms with Gasteiger partial charge in [0.2, 0.25) is 0 Å². The number of hydrogen-bond acceptors (Lipinski definition) is 4. The molecule has 0 aliphatic rings. The molecule has 0 saturated carbocycles. The van der Waals surface area contributed by atoms with Crippen molar-refractivity contribution < 1.29 is 13.7 Å². The molecule has 0 bridgehead atoms. The van der Waals surface area contributed by atoms with Crippen LogP contribution in [0.5, 0.6) is 5.75 Å². The maximum Gasteiger partial charge on any atom is 0.269 e. The van der Waals surface area contributed by atoms with Crippen LogP contribution in [0.4, 0.5) is 0 Å². The van der Waals surface area contributed by atoms with E-state index in [2.05, 4.69) is 15.5 Å². The lowest BCUT2D eigenvalue weighted by atomic mass is 10.1. The second kappa shape index (κ2) is 8.28. The molecular weight excluding hydrogens is 314 g/mol. The van der Waals surface area contributed by atoms with Crippen molar-refractivity contribution in [2.24, 2.45) is 0 Å². The van der Waals surface area contributed by atoms with Crippen molar-refractivity contribution >= 4 is 16.7 Å². The summed E-state index contributed by atoms with van der Waals surface area (Å²) in [5, 5.41) is 11.1. The molecule has 1 aromatic carbocycles. The van der Waals surface area contributed by atoms with Gasteiger partial charge in [-0.2, -0.15) is 5.10 Å². The molecule has 122 valence electrons. The topological polar surface area (TPSA) is 84.1 Å². The maximum absolute atomic E-state index is 12.0. The number of carbonyl (C=O) groups excluding carboxylic acids is 1. The minimum atomic E-state index is -1.02. The quantitative estimate of drug-likeness (QED) is 0.813. The van der Waals surface area contributed by atoms with Crippen molar-refractivity contribution in [2.45, 2.75) is 6.92 Å². The van der Waals surface area contributed by atoms with Crippen LogP contribution in [-0.4, -0.2) is 39.7 Å². The minimum Gasteiger partial charge on any atom is -0.493 e. The summed E-state index contributed by atoms with van der Waals surface area (Å²) in [5.74, 6) is 0.450. The van der Waals surface area contributed by atoms with Crippen LogP contribution in [-0.2, 0) is 10.8 Å². The molecule has 6 nitrogen and oxygen atoms in total. The van der Waals surface area contributed by atoms with E-state index in [1.807, 2.05) is 31.2 Å². The van der Waals surface area contributed by atoms with Gasteiger partial charge in [0, 0.05) is 29.2 Å². The Morgan fingerprint density at radius 1 is 1.43 bits per heavy atom. The van der Waals surface area contributed by atoms with E-state index >= 15 is 0 Å². The fourth-order valence-corrected chi connectivity index (χ4v) is 2.33. The molecule has 1 amide bonds. The van der Waals surface area contributed by atoms with E-state index in [0.29, 0.717) is 24.5 Å². The van der Waals surface area contributed by atoms with Crippen LogP contribution < -0.4 is 10.1 Å². The molecule has 2 rings (SSSR count). The molecule has 0 fully saturated rings. The molecule has 23 heavy (non-hydrogen) atoms. The molecule has 2 N–H and O–H groups in total. The van der Waals surface area contributed by atoms with E-state index in [9.17, 15) is 9.00 Å². The molecule has 0 saturated heterocycles. The summed E-state index contributed by atoms with van der Waals surface area (Å²) < 4.78 is 16.5. The predicted octanol–water partition coefficient (Wildman–Crippen LogP) is 2.10. The summed E-state index contributed by atoms with van der Waals surface area (Å²) in [5.41, 5.74) is 1.83. The Kier molecular flexibility index (Phi) is 6.10. The first-order valence-electron chi connectivity index (χ1n) is 7.16. The van der Waals surface area contributed by atoms with Gasteiger partial charge in [0.05, 0.1) is 12.3 Å². The van der Waals surface area contributed by atoms with E-state index in [0.717, 1.165) is 11.3 Å². The molecule has 1 unspecified atom stereocenters. The van der Waals surface area contributed by atoms with Gasteiger partial charge in [-0.05, 0) is 30.5 Å². The number of carbonyl (C=O) groups is 1. The van der Waals surface area contributed by atoms with Gasteiger partial charge >= 0.3 is 0 Å². The van der Waals surface area contributed by atoms with Gasteiger partial charge in [-0.1, -0.05) is 18.2 Å². The molecular formula is C16H19N3O3S. The van der Waals surface area contributed by atoms with Crippen LogP contribution in [0.15, 0.2) is 41.8 Å². The van der Waals surface area contributed by atoms with E-state index in [4.69, 9.17) is 4.74 Å². The first kappa shape index (κ1) is 17.0. The molecule has 0 radical (unpaired) electrons. The van der Waals surface area contributed by atoms with E-state index in [1.165, 1.54) is 5.41 Å². The Morgan fingerprint density at radius 3 is 2.96 bits per heavy atom. The third-order valence-corrected chi connectivity index (χ3v) is 3.53. The van der Waals surface area contributed by atoms with Crippen LogP contribution in [0, 0.1) is 0 Å². The number of ether oxygens (including phenoxy) is 1. The van der Waals surface area contributed by atoms with Crippen molar-refractivity contribution in [3.63, 3.8) is 0 Å². The molecule has 1 heterocycles. The van der Waals surface area contributed by atoms with Gasteiger partial charge in [-0.15, -0.1) is 0 Å². The van der Waals surface area contributed by atoms with Gasteiger partial charge in [-0.25, -0.2) is 0 Å². The number of nitrogens with zero attached hydrogens (tertiary/aromatic N) is 1. The number of benzene rings is 1. The van der Waals surface area contributed by atoms with Crippen molar-refractivity contribution in [3.8, 4) is 17.0 Å². The summed E-state index contributed by atoms with van der Waals surface area (Å²) in [6, 6.07) is 9.21. The molecule has 0 spiro atoms. The number of aromatic amines is 1. The Bertz CT molecular complexity index is 725. The van der Waals surface area contributed by atoms with Gasteiger partial charge in [0.15, 0.2) is 0 Å². The Hall–Kier alpha value is -2.41. The number of hydrogen-bond donors (Lipinski definition) is 2.